The molecular formula is C18H36N2O2S. The summed E-state index contributed by atoms with van der Waals surface area (Å²) in [4.78, 5) is 16.9. The molecule has 1 saturated heterocycles. The van der Waals surface area contributed by atoms with Crippen LogP contribution >= 0.6 is 12.6 Å². The average Bonchev–Trinajstić information content (AvgIpc) is 2.47. The lowest BCUT2D eigenvalue weighted by Crippen LogP contribution is -2.52. The van der Waals surface area contributed by atoms with E-state index in [4.69, 9.17) is 4.74 Å². The predicted molar refractivity (Wildman–Crippen MR) is 100.0 cm³/mol. The molecule has 4 nitrogen and oxygen atoms in total. The number of nitrogens with zero attached hydrogens (tertiary/aromatic N) is 2. The lowest BCUT2D eigenvalue weighted by atomic mass is 9.87. The van der Waals surface area contributed by atoms with Crippen LogP contribution in [0.15, 0.2) is 0 Å². The molecule has 1 heterocycles. The standard InChI is InChI=1S/C18H36N2O2S/c1-6-8-18(5,23)22-15-9-17(3,4)16(21)20-13-11-19(10-7-2)12-14-20/h23H,6-15H2,1-5H3. The molecule has 0 saturated carbocycles. The molecule has 1 aliphatic rings. The van der Waals surface area contributed by atoms with E-state index in [9.17, 15) is 4.79 Å². The summed E-state index contributed by atoms with van der Waals surface area (Å²) in [6.45, 7) is 15.8. The maximum atomic E-state index is 12.8. The maximum Gasteiger partial charge on any atom is 0.228 e. The topological polar surface area (TPSA) is 32.8 Å². The van der Waals surface area contributed by atoms with Crippen molar-refractivity contribution in [1.82, 2.24) is 9.80 Å². The van der Waals surface area contributed by atoms with Crippen LogP contribution in [0.5, 0.6) is 0 Å². The number of ether oxygens (including phenoxy) is 1. The Balaban J connectivity index is 2.42. The highest BCUT2D eigenvalue weighted by Gasteiger charge is 2.34. The van der Waals surface area contributed by atoms with Crippen molar-refractivity contribution in [1.29, 1.82) is 0 Å². The van der Waals surface area contributed by atoms with Crippen LogP contribution in [0.25, 0.3) is 0 Å². The van der Waals surface area contributed by atoms with Gasteiger partial charge in [0, 0.05) is 38.2 Å². The minimum absolute atomic E-state index is 0.258. The van der Waals surface area contributed by atoms with E-state index >= 15 is 0 Å². The van der Waals surface area contributed by atoms with Crippen molar-refractivity contribution in [3.63, 3.8) is 0 Å². The Morgan fingerprint density at radius 3 is 2.17 bits per heavy atom. The van der Waals surface area contributed by atoms with E-state index < -0.39 is 0 Å². The number of piperazine rings is 1. The van der Waals surface area contributed by atoms with Crippen LogP contribution in [0, 0.1) is 5.41 Å². The third-order valence-corrected chi connectivity index (χ3v) is 4.98. The van der Waals surface area contributed by atoms with Crippen molar-refractivity contribution in [2.24, 2.45) is 5.41 Å². The maximum absolute atomic E-state index is 12.8. The lowest BCUT2D eigenvalue weighted by Gasteiger charge is -2.38. The van der Waals surface area contributed by atoms with Crippen molar-refractivity contribution < 1.29 is 9.53 Å². The molecule has 1 aliphatic heterocycles. The summed E-state index contributed by atoms with van der Waals surface area (Å²) in [5, 5.41) is 0. The van der Waals surface area contributed by atoms with Gasteiger partial charge >= 0.3 is 0 Å². The molecule has 1 unspecified atom stereocenters. The third-order valence-electron chi connectivity index (χ3n) is 4.63. The van der Waals surface area contributed by atoms with Gasteiger partial charge in [0.1, 0.15) is 4.93 Å². The molecular weight excluding hydrogens is 308 g/mol. The number of thiol groups is 1. The Hall–Kier alpha value is -0.260. The second-order valence-corrected chi connectivity index (χ2v) is 8.49. The van der Waals surface area contributed by atoms with Crippen LogP contribution in [0.4, 0.5) is 0 Å². The van der Waals surface area contributed by atoms with E-state index in [2.05, 4.69) is 31.4 Å². The van der Waals surface area contributed by atoms with Crippen LogP contribution in [0.3, 0.4) is 0 Å². The summed E-state index contributed by atoms with van der Waals surface area (Å²) in [5.74, 6) is 0.258. The molecule has 0 aromatic carbocycles. The van der Waals surface area contributed by atoms with Gasteiger partial charge in [-0.25, -0.2) is 0 Å². The van der Waals surface area contributed by atoms with E-state index in [0.717, 1.165) is 52.0 Å². The molecule has 1 rings (SSSR count). The third kappa shape index (κ3) is 7.02. The Morgan fingerprint density at radius 2 is 1.65 bits per heavy atom. The summed E-state index contributed by atoms with van der Waals surface area (Å²) >= 11 is 4.56. The Morgan fingerprint density at radius 1 is 1.04 bits per heavy atom. The summed E-state index contributed by atoms with van der Waals surface area (Å²) < 4.78 is 5.88. The molecule has 1 fully saturated rings. The number of hydrogen-bond donors (Lipinski definition) is 1. The highest BCUT2D eigenvalue weighted by molar-refractivity contribution is 7.81. The zero-order chi connectivity index (χ0) is 17.5. The largest absolute Gasteiger partial charge is 0.365 e. The summed E-state index contributed by atoms with van der Waals surface area (Å²) in [6.07, 6.45) is 3.88. The smallest absolute Gasteiger partial charge is 0.228 e. The molecule has 1 amide bonds. The Kier molecular flexibility index (Phi) is 8.39. The van der Waals surface area contributed by atoms with Crippen molar-refractivity contribution in [2.75, 3.05) is 39.3 Å². The number of amides is 1. The molecule has 0 aromatic rings. The monoisotopic (exact) mass is 344 g/mol. The Bertz CT molecular complexity index is 364. The van der Waals surface area contributed by atoms with Gasteiger partial charge in [-0.1, -0.05) is 34.1 Å². The number of rotatable bonds is 9. The summed E-state index contributed by atoms with van der Waals surface area (Å²) in [5.41, 5.74) is -0.372. The van der Waals surface area contributed by atoms with Crippen LogP contribution in [0.2, 0.25) is 0 Å². The van der Waals surface area contributed by atoms with E-state index in [1.165, 1.54) is 6.42 Å². The quantitative estimate of drug-likeness (QED) is 0.514. The SMILES string of the molecule is CCCN1CCN(C(=O)C(C)(C)CCOC(C)(S)CCC)CC1. The molecule has 0 bridgehead atoms. The van der Waals surface area contributed by atoms with Crippen LogP contribution < -0.4 is 0 Å². The summed E-state index contributed by atoms with van der Waals surface area (Å²) in [6, 6.07) is 0. The van der Waals surface area contributed by atoms with Gasteiger partial charge < -0.3 is 9.64 Å². The normalized spacial score (nSPS) is 19.7. The number of carbonyl (C=O) groups is 1. The van der Waals surface area contributed by atoms with Crippen molar-refractivity contribution in [3.05, 3.63) is 0 Å². The average molecular weight is 345 g/mol. The van der Waals surface area contributed by atoms with Gasteiger partial charge in [-0.05, 0) is 32.7 Å². The van der Waals surface area contributed by atoms with Gasteiger partial charge in [0.25, 0.3) is 0 Å². The molecule has 0 aliphatic carbocycles. The zero-order valence-electron chi connectivity index (χ0n) is 15.7. The van der Waals surface area contributed by atoms with Gasteiger partial charge in [0.05, 0.1) is 0 Å². The molecule has 0 radical (unpaired) electrons. The van der Waals surface area contributed by atoms with Crippen LogP contribution in [-0.2, 0) is 9.53 Å². The lowest BCUT2D eigenvalue weighted by molar-refractivity contribution is -0.143. The van der Waals surface area contributed by atoms with Crippen LogP contribution in [-0.4, -0.2) is 60.0 Å². The van der Waals surface area contributed by atoms with Crippen molar-refractivity contribution >= 4 is 18.5 Å². The van der Waals surface area contributed by atoms with E-state index in [0.29, 0.717) is 6.61 Å². The summed E-state index contributed by atoms with van der Waals surface area (Å²) in [7, 11) is 0. The molecule has 0 aromatic heterocycles. The molecule has 0 spiro atoms. The van der Waals surface area contributed by atoms with Gasteiger partial charge in [0.15, 0.2) is 0 Å². The highest BCUT2D eigenvalue weighted by Crippen LogP contribution is 2.28. The number of hydrogen-bond acceptors (Lipinski definition) is 4. The van der Waals surface area contributed by atoms with E-state index in [1.54, 1.807) is 0 Å². The van der Waals surface area contributed by atoms with Crippen molar-refractivity contribution in [2.45, 2.75) is 65.2 Å². The Labute approximate surface area is 148 Å². The van der Waals surface area contributed by atoms with Gasteiger partial charge in [-0.3, -0.25) is 9.69 Å². The minimum atomic E-state index is -0.389. The fourth-order valence-electron chi connectivity index (χ4n) is 3.09. The highest BCUT2D eigenvalue weighted by atomic mass is 32.1. The van der Waals surface area contributed by atoms with Gasteiger partial charge in [-0.2, -0.15) is 0 Å². The van der Waals surface area contributed by atoms with Crippen LogP contribution in [0.1, 0.15) is 60.3 Å². The second kappa shape index (κ2) is 9.28. The number of carbonyl (C=O) groups excluding carboxylic acids is 1. The second-order valence-electron chi connectivity index (χ2n) is 7.54. The first kappa shape index (κ1) is 20.8. The van der Waals surface area contributed by atoms with Gasteiger partial charge in [0.2, 0.25) is 5.91 Å². The van der Waals surface area contributed by atoms with Gasteiger partial charge in [-0.15, -0.1) is 12.6 Å². The first-order valence-electron chi connectivity index (χ1n) is 9.10. The van der Waals surface area contributed by atoms with E-state index in [-0.39, 0.29) is 16.3 Å². The first-order valence-corrected chi connectivity index (χ1v) is 9.54. The first-order chi connectivity index (χ1) is 10.7. The van der Waals surface area contributed by atoms with E-state index in [1.807, 2.05) is 25.7 Å². The zero-order valence-corrected chi connectivity index (χ0v) is 16.6. The fraction of sp³-hybridized carbons (Fsp3) is 0.944. The molecule has 5 heteroatoms. The molecule has 136 valence electrons. The molecule has 0 N–H and O–H groups in total. The predicted octanol–water partition coefficient (Wildman–Crippen LogP) is 3.42. The minimum Gasteiger partial charge on any atom is -0.365 e. The molecule has 23 heavy (non-hydrogen) atoms. The fourth-order valence-corrected chi connectivity index (χ4v) is 3.40. The molecule has 1 atom stereocenters. The van der Waals surface area contributed by atoms with Crippen molar-refractivity contribution in [3.8, 4) is 0 Å².